The van der Waals surface area contributed by atoms with E-state index < -0.39 is 163 Å². The van der Waals surface area contributed by atoms with E-state index in [1.807, 2.05) is 142 Å². The van der Waals surface area contributed by atoms with Gasteiger partial charge in [-0.05, 0) is 242 Å². The first kappa shape index (κ1) is 123. The summed E-state index contributed by atoms with van der Waals surface area (Å²) in [5.74, 6) is -8.80. The average molecular weight is 2000 g/mol. The van der Waals surface area contributed by atoms with Crippen molar-refractivity contribution in [3.8, 4) is 0 Å². The first-order chi connectivity index (χ1) is 63.4. The third kappa shape index (κ3) is 52.2. The number of unbranched alkanes of at least 4 members (excludes halogenated alkanes) is 3. The molecule has 10 atom stereocenters. The molecule has 0 radical (unpaired) electrons. The Labute approximate surface area is 829 Å². The summed E-state index contributed by atoms with van der Waals surface area (Å²) < 4.78 is 61.7. The van der Waals surface area contributed by atoms with Gasteiger partial charge in [-0.25, -0.2) is 4.79 Å². The molecule has 756 valence electrons. The number of esters is 11. The van der Waals surface area contributed by atoms with Crippen LogP contribution in [0, 0.1) is 33.5 Å². The molecule has 4 rings (SSSR count). The number of thiocarbonyl (C=S) groups is 2. The number of carbonyl (C=O) groups excluding carboxylic acids is 11. The quantitative estimate of drug-likeness (QED) is 0.0105. The van der Waals surface area contributed by atoms with E-state index in [-0.39, 0.29) is 104 Å². The van der Waals surface area contributed by atoms with Gasteiger partial charge in [-0.3, -0.25) is 47.9 Å². The molecule has 0 spiro atoms. The van der Waals surface area contributed by atoms with Gasteiger partial charge in [0.1, 0.15) is 76.9 Å². The van der Waals surface area contributed by atoms with Crippen molar-refractivity contribution in [3.63, 3.8) is 0 Å². The first-order valence-corrected chi connectivity index (χ1v) is 50.8. The van der Waals surface area contributed by atoms with Gasteiger partial charge in [-0.2, -0.15) is 0 Å². The highest BCUT2D eigenvalue weighted by atomic mass is 32.2. The van der Waals surface area contributed by atoms with Gasteiger partial charge in [0.15, 0.2) is 0 Å². The summed E-state index contributed by atoms with van der Waals surface area (Å²) in [6.45, 7) is 35.2. The number of thioether (sulfide) groups is 4. The normalized spacial score (nSPS) is 14.7. The van der Waals surface area contributed by atoms with Gasteiger partial charge in [0, 0.05) is 6.08 Å². The van der Waals surface area contributed by atoms with Crippen molar-refractivity contribution in [2.75, 3.05) is 72.7 Å². The molecule has 0 saturated heterocycles. The SMILES string of the molecule is C=CC(=O)OCCCC.CC(C)(C)OC(=O)C(C)(CCc1ccccc1)CC(SC(=S)SC(CC(C)(CCc1ccccc1)C(=O)OC(C)(C)C)C(=O)OCCO)C(=O)OCCO.CCCCOC(=O)C(CC(CC(C)(CCc1ccccc1)C(=O)OC(C)(C)C)C(=O)OCCO)SC(=S)SC(CC(CC(C)(CCc1ccccc1)C(=O)OC(C)(C)C)C(=O)OCCO)C(=O)OCCCC. The molecule has 0 amide bonds. The van der Waals surface area contributed by atoms with Crippen LogP contribution in [0.4, 0.5) is 0 Å². The van der Waals surface area contributed by atoms with Crippen molar-refractivity contribution < 1.29 is 125 Å². The Morgan fingerprint density at radius 1 is 0.319 bits per heavy atom. The maximum absolute atomic E-state index is 14.2. The summed E-state index contributed by atoms with van der Waals surface area (Å²) in [7, 11) is 0. The molecule has 135 heavy (non-hydrogen) atoms. The van der Waals surface area contributed by atoms with Crippen molar-refractivity contribution in [2.24, 2.45) is 33.5 Å². The van der Waals surface area contributed by atoms with Gasteiger partial charge >= 0.3 is 65.7 Å². The van der Waals surface area contributed by atoms with Crippen molar-refractivity contribution in [1.29, 1.82) is 0 Å². The summed E-state index contributed by atoms with van der Waals surface area (Å²) in [4.78, 5) is 150. The number of aliphatic hydroxyl groups is 4. The summed E-state index contributed by atoms with van der Waals surface area (Å²) in [6.07, 6.45) is 8.38. The van der Waals surface area contributed by atoms with Crippen molar-refractivity contribution >= 4 is 144 Å². The number of benzene rings is 4. The summed E-state index contributed by atoms with van der Waals surface area (Å²) in [5.41, 5.74) is -4.19. The Hall–Kier alpha value is -7.79. The number of ether oxygens (including phenoxy) is 11. The molecular weight excluding hydrogens is 1850 g/mol. The average Bonchev–Trinajstić information content (AvgIpc) is 0.828. The highest BCUT2D eigenvalue weighted by Crippen LogP contribution is 2.46. The van der Waals surface area contributed by atoms with Gasteiger partial charge in [0.05, 0.1) is 79.7 Å². The van der Waals surface area contributed by atoms with E-state index in [4.69, 9.17) is 71.8 Å². The highest BCUT2D eigenvalue weighted by Gasteiger charge is 2.48. The standard InChI is InChI=1S/C55H82O14S3.C41H58O10S3.C7H12O2/c1-11-13-31-64-47(60)43(35-41(45(58)66-33-29-56)37-54(9,49(62)68-52(3,4)5)27-25-39-21-17-15-18-22-39)71-51(70)72-44(48(61)65-32-14-12-2)36-42(46(59)67-34-30-57)38-55(10,50(63)69-53(6,7)8)28-26-40-23-19-16-20-24-40;1-38(2,3)50-35(46)40(7,21-19-29-15-11-9-12-16-29)27-31(33(44)48-25-23-42)53-37(52)54-32(34(45)49-26-24-43)28-41(8,36(47)51-39(4,5)6)22-20-30-17-13-10-14-18-30;1-3-5-6-9-7(8)4-2/h15-24,41-44,56-57H,11-14,25-38H2,1-10H3;9-18,31-32,42-43H,19-28H2,1-8H3;4H,2-3,5-6H2,1H3. The first-order valence-electron chi connectivity index (χ1n) is 46.5. The van der Waals surface area contributed by atoms with E-state index in [0.717, 1.165) is 95.0 Å². The van der Waals surface area contributed by atoms with E-state index in [1.165, 1.54) is 6.08 Å². The summed E-state index contributed by atoms with van der Waals surface area (Å²) in [5, 5.41) is 33.8. The smallest absolute Gasteiger partial charge is 0.330 e. The number of carbonyl (C=O) groups is 11. The number of rotatable bonds is 56. The number of aryl methyl sites for hydroxylation is 4. The van der Waals surface area contributed by atoms with Crippen LogP contribution >= 0.6 is 71.5 Å². The zero-order valence-electron chi connectivity index (χ0n) is 82.9. The van der Waals surface area contributed by atoms with Crippen LogP contribution in [0.2, 0.25) is 0 Å². The minimum absolute atomic E-state index is 0.0172. The lowest BCUT2D eigenvalue weighted by atomic mass is 9.75. The molecule has 32 heteroatoms. The largest absolute Gasteiger partial charge is 0.465 e. The van der Waals surface area contributed by atoms with Crippen LogP contribution in [0.5, 0.6) is 0 Å². The minimum atomic E-state index is -1.26. The molecule has 0 saturated carbocycles. The lowest BCUT2D eigenvalue weighted by Crippen LogP contribution is -2.41. The van der Waals surface area contributed by atoms with E-state index in [2.05, 4.69) is 11.3 Å². The molecule has 4 aromatic carbocycles. The van der Waals surface area contributed by atoms with Crippen molar-refractivity contribution in [2.45, 2.75) is 303 Å². The fourth-order valence-electron chi connectivity index (χ4n) is 13.4. The molecule has 0 heterocycles. The predicted octanol–water partition coefficient (Wildman–Crippen LogP) is 18.8. The Morgan fingerprint density at radius 2 is 0.533 bits per heavy atom. The van der Waals surface area contributed by atoms with E-state index in [9.17, 15) is 73.2 Å². The zero-order valence-corrected chi connectivity index (χ0v) is 87.8. The fourth-order valence-corrected chi connectivity index (χ4v) is 19.8. The lowest BCUT2D eigenvalue weighted by molar-refractivity contribution is -0.171. The Morgan fingerprint density at radius 3 is 0.763 bits per heavy atom. The molecule has 4 aromatic rings. The van der Waals surface area contributed by atoms with E-state index in [0.29, 0.717) is 58.0 Å². The molecule has 0 aliphatic carbocycles. The van der Waals surface area contributed by atoms with Crippen LogP contribution in [0.15, 0.2) is 134 Å². The van der Waals surface area contributed by atoms with Crippen LogP contribution in [0.1, 0.15) is 257 Å². The van der Waals surface area contributed by atoms with Crippen molar-refractivity contribution in [3.05, 3.63) is 156 Å². The second-order valence-electron chi connectivity index (χ2n) is 38.1. The van der Waals surface area contributed by atoms with E-state index in [1.54, 1.807) is 111 Å². The molecule has 0 aromatic heterocycles. The van der Waals surface area contributed by atoms with Gasteiger partial charge in [-0.1, -0.05) is 239 Å². The molecule has 0 fully saturated rings. The molecule has 4 N–H and O–H groups in total. The monoisotopic (exact) mass is 2000 g/mol. The Balaban J connectivity index is 0.000000862. The van der Waals surface area contributed by atoms with Crippen LogP contribution < -0.4 is 0 Å². The van der Waals surface area contributed by atoms with Gasteiger partial charge in [0.25, 0.3) is 0 Å². The third-order valence-electron chi connectivity index (χ3n) is 20.9. The number of hydrogen-bond acceptors (Lipinski definition) is 32. The minimum Gasteiger partial charge on any atom is -0.465 e. The molecule has 0 aliphatic heterocycles. The maximum Gasteiger partial charge on any atom is 0.330 e. The Bertz CT molecular complexity index is 3990. The lowest BCUT2D eigenvalue weighted by Gasteiger charge is -2.34. The zero-order chi connectivity index (χ0) is 102. The second kappa shape index (κ2) is 63.7. The van der Waals surface area contributed by atoms with Crippen LogP contribution in [-0.2, 0) is 131 Å². The van der Waals surface area contributed by atoms with Crippen LogP contribution in [0.25, 0.3) is 0 Å². The molecule has 10 unspecified atom stereocenters. The fraction of sp³-hybridized carbons (Fsp3) is 0.621. The van der Waals surface area contributed by atoms with Gasteiger partial charge < -0.3 is 72.5 Å². The molecule has 0 aliphatic rings. The van der Waals surface area contributed by atoms with Crippen LogP contribution in [0.3, 0.4) is 0 Å². The maximum atomic E-state index is 14.2. The third-order valence-corrected chi connectivity index (χ3v) is 26.6. The molecule has 26 nitrogen and oxygen atoms in total. The summed E-state index contributed by atoms with van der Waals surface area (Å²) in [6, 6.07) is 38.5. The van der Waals surface area contributed by atoms with Gasteiger partial charge in [-0.15, -0.1) is 0 Å². The topological polar surface area (TPSA) is 370 Å². The van der Waals surface area contributed by atoms with Crippen LogP contribution in [-0.4, -0.2) is 209 Å². The predicted molar refractivity (Wildman–Crippen MR) is 540 cm³/mol. The number of hydrogen-bond donors (Lipinski definition) is 4. The number of aliphatic hydroxyl groups excluding tert-OH is 4. The molecular formula is C103H152O26S6. The van der Waals surface area contributed by atoms with E-state index >= 15 is 0 Å². The second-order valence-corrected chi connectivity index (χ2v) is 45.4. The Kier molecular flexibility index (Phi) is 58.2. The van der Waals surface area contributed by atoms with Gasteiger partial charge in [0.2, 0.25) is 0 Å². The summed E-state index contributed by atoms with van der Waals surface area (Å²) >= 11 is 15.5. The molecule has 0 bridgehead atoms. The van der Waals surface area contributed by atoms with Crippen molar-refractivity contribution in [1.82, 2.24) is 0 Å². The highest BCUT2D eigenvalue weighted by molar-refractivity contribution is 8.48.